The van der Waals surface area contributed by atoms with Gasteiger partial charge in [0.2, 0.25) is 5.91 Å². The van der Waals surface area contributed by atoms with Gasteiger partial charge in [0, 0.05) is 17.0 Å². The molecule has 2 N–H and O–H groups in total. The van der Waals surface area contributed by atoms with Crippen molar-refractivity contribution < 1.29 is 27.5 Å². The minimum Gasteiger partial charge on any atom is -0.394 e. The average molecular weight is 478 g/mol. The van der Waals surface area contributed by atoms with E-state index in [9.17, 15) is 32.3 Å². The van der Waals surface area contributed by atoms with Gasteiger partial charge in [-0.1, -0.05) is 19.6 Å². The van der Waals surface area contributed by atoms with E-state index in [1.54, 1.807) is 31.3 Å². The third-order valence-corrected chi connectivity index (χ3v) is 5.87. The monoisotopic (exact) mass is 478 g/mol. The Balaban J connectivity index is 0.00000324. The summed E-state index contributed by atoms with van der Waals surface area (Å²) in [6.45, 7) is 1.50. The van der Waals surface area contributed by atoms with Crippen LogP contribution < -0.4 is 10.9 Å². The van der Waals surface area contributed by atoms with Crippen molar-refractivity contribution in [3.63, 3.8) is 0 Å². The van der Waals surface area contributed by atoms with E-state index in [0.717, 1.165) is 24.5 Å². The number of pyridine rings is 1. The lowest BCUT2D eigenvalue weighted by Gasteiger charge is -2.17. The van der Waals surface area contributed by atoms with Crippen molar-refractivity contribution >= 4 is 22.4 Å². The fourth-order valence-electron chi connectivity index (χ4n) is 3.93. The molecule has 0 radical (unpaired) electrons. The molecule has 1 atom stereocenters. The fraction of sp³-hybridized carbons (Fsp3) is 0.360. The van der Waals surface area contributed by atoms with Crippen LogP contribution >= 0.6 is 0 Å². The number of nitrogens with zero attached hydrogens (tertiary/aromatic N) is 1. The van der Waals surface area contributed by atoms with Crippen molar-refractivity contribution in [1.82, 2.24) is 4.57 Å². The van der Waals surface area contributed by atoms with E-state index in [1.807, 2.05) is 0 Å². The molecule has 1 fully saturated rings. The maximum atomic E-state index is 13.9. The third kappa shape index (κ3) is 4.99. The number of benzene rings is 2. The summed E-state index contributed by atoms with van der Waals surface area (Å²) in [7, 11) is 0. The molecule has 0 spiro atoms. The first-order valence-corrected chi connectivity index (χ1v) is 10.5. The summed E-state index contributed by atoms with van der Waals surface area (Å²) in [4.78, 5) is 25.7. The zero-order valence-electron chi connectivity index (χ0n) is 17.7. The summed E-state index contributed by atoms with van der Waals surface area (Å²) in [5.41, 5.74) is -0.234. The maximum Gasteiger partial charge on any atom is 0.419 e. The van der Waals surface area contributed by atoms with Crippen molar-refractivity contribution in [2.24, 2.45) is 0 Å². The van der Waals surface area contributed by atoms with Gasteiger partial charge >= 0.3 is 6.18 Å². The van der Waals surface area contributed by atoms with Crippen LogP contribution in [0.5, 0.6) is 0 Å². The Morgan fingerprint density at radius 2 is 1.88 bits per heavy atom. The lowest BCUT2D eigenvalue weighted by molar-refractivity contribution is -0.140. The molecule has 1 saturated carbocycles. The number of nitrogens with one attached hydrogen (secondary N) is 1. The van der Waals surface area contributed by atoms with Crippen LogP contribution in [0.15, 0.2) is 47.4 Å². The van der Waals surface area contributed by atoms with Crippen molar-refractivity contribution in [2.75, 3.05) is 11.9 Å². The van der Waals surface area contributed by atoms with Gasteiger partial charge < -0.3 is 15.0 Å². The summed E-state index contributed by atoms with van der Waals surface area (Å²) >= 11 is 0. The number of fused-ring (bicyclic) bond motifs is 1. The summed E-state index contributed by atoms with van der Waals surface area (Å²) in [5.74, 6) is -1.72. The molecular weight excluding hydrogens is 452 g/mol. The van der Waals surface area contributed by atoms with Gasteiger partial charge in [0.25, 0.3) is 5.56 Å². The summed E-state index contributed by atoms with van der Waals surface area (Å²) in [5, 5.41) is 13.1. The Labute approximate surface area is 194 Å². The molecule has 0 aliphatic heterocycles. The van der Waals surface area contributed by atoms with Gasteiger partial charge in [-0.15, -0.1) is 0 Å². The molecule has 0 unspecified atom stereocenters. The largest absolute Gasteiger partial charge is 0.419 e. The van der Waals surface area contributed by atoms with Gasteiger partial charge in [-0.05, 0) is 61.1 Å². The zero-order valence-corrected chi connectivity index (χ0v) is 17.7. The van der Waals surface area contributed by atoms with E-state index in [0.29, 0.717) is 28.6 Å². The lowest BCUT2D eigenvalue weighted by Crippen LogP contribution is -2.25. The number of hydrogen-bond donors (Lipinski definition) is 2. The first-order chi connectivity index (χ1) is 15.6. The van der Waals surface area contributed by atoms with E-state index in [-0.39, 0.29) is 37.5 Å². The van der Waals surface area contributed by atoms with Gasteiger partial charge in [0.15, 0.2) is 0 Å². The number of alkyl halides is 3. The SMILES string of the molecule is C.C[C@H](CO)n1ccc2c(NC(=O)Cc3ccc(C(F)(F)F)c(F)c3)c(C3CC3)ccc2c1=O. The van der Waals surface area contributed by atoms with E-state index >= 15 is 0 Å². The van der Waals surface area contributed by atoms with E-state index < -0.39 is 29.5 Å². The van der Waals surface area contributed by atoms with Crippen LogP contribution in [-0.4, -0.2) is 22.2 Å². The normalized spacial score (nSPS) is 14.5. The second-order valence-electron chi connectivity index (χ2n) is 8.36. The summed E-state index contributed by atoms with van der Waals surface area (Å²) < 4.78 is 53.6. The minimum atomic E-state index is -4.81. The number of rotatable bonds is 6. The Kier molecular flexibility index (Phi) is 7.16. The van der Waals surface area contributed by atoms with Crippen LogP contribution in [-0.2, 0) is 17.4 Å². The van der Waals surface area contributed by atoms with Crippen molar-refractivity contribution in [1.29, 1.82) is 0 Å². The van der Waals surface area contributed by atoms with Crippen LogP contribution in [0.25, 0.3) is 10.8 Å². The first-order valence-electron chi connectivity index (χ1n) is 10.5. The molecule has 1 amide bonds. The molecule has 1 aliphatic carbocycles. The Bertz CT molecular complexity index is 1280. The van der Waals surface area contributed by atoms with Crippen molar-refractivity contribution in [3.05, 3.63) is 75.5 Å². The van der Waals surface area contributed by atoms with E-state index in [4.69, 9.17) is 0 Å². The summed E-state index contributed by atoms with van der Waals surface area (Å²) in [6.07, 6.45) is -1.70. The lowest BCUT2D eigenvalue weighted by atomic mass is 10.0. The van der Waals surface area contributed by atoms with E-state index in [2.05, 4.69) is 5.32 Å². The number of hydrogen-bond acceptors (Lipinski definition) is 3. The molecule has 34 heavy (non-hydrogen) atoms. The molecule has 0 bridgehead atoms. The number of anilines is 1. The number of aliphatic hydroxyl groups excluding tert-OH is 1. The van der Waals surface area contributed by atoms with Gasteiger partial charge in [-0.25, -0.2) is 4.39 Å². The number of carbonyl (C=O) groups is 1. The molecule has 9 heteroatoms. The van der Waals surface area contributed by atoms with E-state index in [1.165, 1.54) is 4.57 Å². The molecular formula is C25H26F4N2O3. The highest BCUT2D eigenvalue weighted by Crippen LogP contribution is 2.45. The Morgan fingerprint density at radius 3 is 2.47 bits per heavy atom. The van der Waals surface area contributed by atoms with Gasteiger partial charge in [0.1, 0.15) is 5.82 Å². The highest BCUT2D eigenvalue weighted by molar-refractivity contribution is 6.04. The predicted octanol–water partition coefficient (Wildman–Crippen LogP) is 5.41. The number of carbonyl (C=O) groups excluding carboxylic acids is 1. The number of halogens is 4. The highest BCUT2D eigenvalue weighted by Gasteiger charge is 2.34. The van der Waals surface area contributed by atoms with Crippen LogP contribution in [0, 0.1) is 5.82 Å². The number of amides is 1. The van der Waals surface area contributed by atoms with Crippen molar-refractivity contribution in [2.45, 2.75) is 51.7 Å². The molecule has 3 aromatic rings. The average Bonchev–Trinajstić information content (AvgIpc) is 3.58. The third-order valence-electron chi connectivity index (χ3n) is 5.87. The predicted molar refractivity (Wildman–Crippen MR) is 122 cm³/mol. The number of aromatic nitrogens is 1. The standard InChI is InChI=1S/C24H22F4N2O3.CH4/c1-13(12-31)30-9-8-17-18(23(30)33)6-5-16(15-3-4-15)22(17)29-21(32)11-14-2-7-19(20(25)10-14)24(26,27)28;/h2,5-10,13,15,31H,3-4,11-12H2,1H3,(H,29,32);1H4/t13-;/m1./s1. The van der Waals surface area contributed by atoms with Gasteiger partial charge in [-0.3, -0.25) is 9.59 Å². The zero-order chi connectivity index (χ0) is 23.9. The smallest absolute Gasteiger partial charge is 0.394 e. The molecule has 2 aromatic carbocycles. The summed E-state index contributed by atoms with van der Waals surface area (Å²) in [6, 6.07) is 7.18. The first kappa shape index (κ1) is 25.4. The highest BCUT2D eigenvalue weighted by atomic mass is 19.4. The quantitative estimate of drug-likeness (QED) is 0.466. The Morgan fingerprint density at radius 1 is 1.18 bits per heavy atom. The molecule has 1 aromatic heterocycles. The fourth-order valence-corrected chi connectivity index (χ4v) is 3.93. The van der Waals surface area contributed by atoms with Crippen LogP contribution in [0.4, 0.5) is 23.2 Å². The molecule has 182 valence electrons. The molecule has 0 saturated heterocycles. The van der Waals surface area contributed by atoms with Gasteiger partial charge in [-0.2, -0.15) is 13.2 Å². The second kappa shape index (κ2) is 9.58. The van der Waals surface area contributed by atoms with Crippen molar-refractivity contribution in [3.8, 4) is 0 Å². The Hall–Kier alpha value is -3.20. The minimum absolute atomic E-state index is 0. The van der Waals surface area contributed by atoms with Crippen LogP contribution in [0.1, 0.15) is 55.8 Å². The molecule has 1 heterocycles. The second-order valence-corrected chi connectivity index (χ2v) is 8.36. The maximum absolute atomic E-state index is 13.9. The molecule has 4 rings (SSSR count). The molecule has 1 aliphatic rings. The number of aliphatic hydroxyl groups is 1. The van der Waals surface area contributed by atoms with Crippen LogP contribution in [0.3, 0.4) is 0 Å². The van der Waals surface area contributed by atoms with Crippen LogP contribution in [0.2, 0.25) is 0 Å². The topological polar surface area (TPSA) is 71.3 Å². The van der Waals surface area contributed by atoms with Gasteiger partial charge in [0.05, 0.1) is 30.3 Å². The molecule has 5 nitrogen and oxygen atoms in total.